The Bertz CT molecular complexity index is 402. The summed E-state index contributed by atoms with van der Waals surface area (Å²) in [7, 11) is 0. The highest BCUT2D eigenvalue weighted by Gasteiger charge is 2.51. The first-order valence-corrected chi connectivity index (χ1v) is 4.85. The number of aliphatic imine (C=N–C) groups is 1. The lowest BCUT2D eigenvalue weighted by molar-refractivity contribution is -0.161. The summed E-state index contributed by atoms with van der Waals surface area (Å²) >= 11 is 0. The maximum absolute atomic E-state index is 11.8. The second-order valence-corrected chi connectivity index (χ2v) is 3.96. The van der Waals surface area contributed by atoms with Gasteiger partial charge in [0.1, 0.15) is 6.04 Å². The van der Waals surface area contributed by atoms with Crippen molar-refractivity contribution in [1.82, 2.24) is 4.90 Å². The van der Waals surface area contributed by atoms with E-state index < -0.39 is 29.4 Å². The van der Waals surface area contributed by atoms with Crippen LogP contribution in [0.1, 0.15) is 27.7 Å². The first kappa shape index (κ1) is 12.4. The first-order valence-electron chi connectivity index (χ1n) is 4.85. The summed E-state index contributed by atoms with van der Waals surface area (Å²) in [5.74, 6) is -2.43. The van der Waals surface area contributed by atoms with Gasteiger partial charge in [-0.2, -0.15) is 0 Å². The van der Waals surface area contributed by atoms with Crippen LogP contribution in [0.4, 0.5) is 0 Å². The molecule has 6 nitrogen and oxygen atoms in total. The van der Waals surface area contributed by atoms with Crippen molar-refractivity contribution in [3.8, 4) is 0 Å². The lowest BCUT2D eigenvalue weighted by Crippen LogP contribution is -2.65. The molecule has 0 bridgehead atoms. The lowest BCUT2D eigenvalue weighted by atomic mass is 9.90. The van der Waals surface area contributed by atoms with Gasteiger partial charge in [-0.25, -0.2) is 4.79 Å². The molecular formula is C10H14N2O4. The van der Waals surface area contributed by atoms with Crippen molar-refractivity contribution < 1.29 is 19.5 Å². The van der Waals surface area contributed by atoms with Crippen LogP contribution >= 0.6 is 0 Å². The Morgan fingerprint density at radius 1 is 1.50 bits per heavy atom. The fraction of sp³-hybridized carbons (Fsp3) is 0.600. The molecule has 1 N–H and O–H groups in total. The van der Waals surface area contributed by atoms with E-state index in [2.05, 4.69) is 4.99 Å². The van der Waals surface area contributed by atoms with Crippen molar-refractivity contribution in [2.45, 2.75) is 39.3 Å². The van der Waals surface area contributed by atoms with E-state index in [-0.39, 0.29) is 5.71 Å². The minimum atomic E-state index is -1.67. The summed E-state index contributed by atoms with van der Waals surface area (Å²) < 4.78 is 0. The number of aliphatic carboxylic acids is 1. The maximum atomic E-state index is 11.8. The van der Waals surface area contributed by atoms with Gasteiger partial charge in [0, 0.05) is 12.6 Å². The van der Waals surface area contributed by atoms with Crippen LogP contribution in [-0.4, -0.2) is 45.1 Å². The summed E-state index contributed by atoms with van der Waals surface area (Å²) in [6.07, 6.45) is 0. The van der Waals surface area contributed by atoms with Crippen molar-refractivity contribution in [2.24, 2.45) is 4.99 Å². The molecule has 0 spiro atoms. The van der Waals surface area contributed by atoms with Crippen LogP contribution in [0.15, 0.2) is 4.99 Å². The van der Waals surface area contributed by atoms with E-state index >= 15 is 0 Å². The highest BCUT2D eigenvalue weighted by Crippen LogP contribution is 2.25. The van der Waals surface area contributed by atoms with Gasteiger partial charge in [-0.15, -0.1) is 0 Å². The number of hydrogen-bond acceptors (Lipinski definition) is 4. The lowest BCUT2D eigenvalue weighted by Gasteiger charge is -2.40. The van der Waals surface area contributed by atoms with E-state index in [0.29, 0.717) is 0 Å². The number of carbonyl (C=O) groups excluding carboxylic acids is 2. The monoisotopic (exact) mass is 226 g/mol. The van der Waals surface area contributed by atoms with Gasteiger partial charge in [0.15, 0.2) is 5.54 Å². The van der Waals surface area contributed by atoms with Crippen molar-refractivity contribution >= 4 is 23.5 Å². The quantitative estimate of drug-likeness (QED) is 0.685. The van der Waals surface area contributed by atoms with Crippen LogP contribution in [0.2, 0.25) is 0 Å². The number of rotatable bonds is 1. The molecule has 0 aromatic carbocycles. The molecule has 1 aliphatic rings. The van der Waals surface area contributed by atoms with Crippen LogP contribution in [0, 0.1) is 0 Å². The van der Waals surface area contributed by atoms with E-state index in [1.54, 1.807) is 0 Å². The largest absolute Gasteiger partial charge is 0.479 e. The summed E-state index contributed by atoms with van der Waals surface area (Å²) in [4.78, 5) is 39.1. The molecule has 0 aromatic heterocycles. The summed E-state index contributed by atoms with van der Waals surface area (Å²) in [6, 6.07) is -0.712. The number of carbonyl (C=O) groups is 3. The standard InChI is InChI=1S/C10H14N2O4/c1-5-8(14)12(7(3)13)10(4,9(15)16)6(2)11-5/h5H,1-4H3,(H,15,16). The van der Waals surface area contributed by atoms with Gasteiger partial charge in [0.05, 0.1) is 0 Å². The number of carboxylic acid groups (broad SMARTS) is 1. The Balaban J connectivity index is 3.42. The van der Waals surface area contributed by atoms with Gasteiger partial charge in [0.25, 0.3) is 5.91 Å². The second-order valence-electron chi connectivity index (χ2n) is 3.96. The molecule has 0 aromatic rings. The Hall–Kier alpha value is -1.72. The van der Waals surface area contributed by atoms with Gasteiger partial charge in [0.2, 0.25) is 5.91 Å². The van der Waals surface area contributed by atoms with Crippen molar-refractivity contribution in [2.75, 3.05) is 0 Å². The molecule has 88 valence electrons. The van der Waals surface area contributed by atoms with Gasteiger partial charge in [-0.1, -0.05) is 0 Å². The molecule has 1 heterocycles. The molecule has 2 amide bonds. The molecule has 0 fully saturated rings. The molecule has 0 saturated carbocycles. The molecule has 0 aliphatic carbocycles. The van der Waals surface area contributed by atoms with E-state index in [1.165, 1.54) is 27.7 Å². The third-order valence-electron chi connectivity index (χ3n) is 2.85. The molecule has 1 aliphatic heterocycles. The fourth-order valence-corrected chi connectivity index (χ4v) is 1.76. The molecule has 2 atom stereocenters. The summed E-state index contributed by atoms with van der Waals surface area (Å²) in [6.45, 7) is 5.51. The molecule has 0 saturated heterocycles. The maximum Gasteiger partial charge on any atom is 0.335 e. The van der Waals surface area contributed by atoms with Crippen molar-refractivity contribution in [3.63, 3.8) is 0 Å². The number of imide groups is 1. The minimum Gasteiger partial charge on any atom is -0.479 e. The average molecular weight is 226 g/mol. The normalized spacial score (nSPS) is 30.0. The number of amides is 2. The van der Waals surface area contributed by atoms with E-state index in [0.717, 1.165) is 4.90 Å². The summed E-state index contributed by atoms with van der Waals surface area (Å²) in [5, 5.41) is 9.16. The Labute approximate surface area is 93.0 Å². The van der Waals surface area contributed by atoms with Gasteiger partial charge in [-0.3, -0.25) is 19.5 Å². The van der Waals surface area contributed by atoms with Gasteiger partial charge in [-0.05, 0) is 20.8 Å². The highest BCUT2D eigenvalue weighted by atomic mass is 16.4. The molecule has 2 unspecified atom stereocenters. The van der Waals surface area contributed by atoms with Crippen molar-refractivity contribution in [3.05, 3.63) is 0 Å². The predicted octanol–water partition coefficient (Wildman–Crippen LogP) is 0.0678. The molecule has 6 heteroatoms. The summed E-state index contributed by atoms with van der Waals surface area (Å²) in [5.41, 5.74) is -1.42. The van der Waals surface area contributed by atoms with Gasteiger partial charge >= 0.3 is 5.97 Å². The van der Waals surface area contributed by atoms with Crippen LogP contribution in [0.25, 0.3) is 0 Å². The zero-order valence-corrected chi connectivity index (χ0v) is 9.64. The van der Waals surface area contributed by atoms with Crippen LogP contribution in [-0.2, 0) is 14.4 Å². The second kappa shape index (κ2) is 3.70. The van der Waals surface area contributed by atoms with E-state index in [1.807, 2.05) is 0 Å². The average Bonchev–Trinajstić information content (AvgIpc) is 2.14. The van der Waals surface area contributed by atoms with E-state index in [9.17, 15) is 14.4 Å². The molecule has 16 heavy (non-hydrogen) atoms. The number of hydrogen-bond donors (Lipinski definition) is 1. The Morgan fingerprint density at radius 3 is 2.38 bits per heavy atom. The minimum absolute atomic E-state index is 0.252. The van der Waals surface area contributed by atoms with E-state index in [4.69, 9.17) is 5.11 Å². The fourth-order valence-electron chi connectivity index (χ4n) is 1.76. The highest BCUT2D eigenvalue weighted by molar-refractivity contribution is 6.18. The topological polar surface area (TPSA) is 87.0 Å². The Kier molecular flexibility index (Phi) is 2.85. The smallest absolute Gasteiger partial charge is 0.335 e. The van der Waals surface area contributed by atoms with Crippen LogP contribution in [0.5, 0.6) is 0 Å². The Morgan fingerprint density at radius 2 is 2.00 bits per heavy atom. The molecule has 1 rings (SSSR count). The zero-order valence-electron chi connectivity index (χ0n) is 9.64. The zero-order chi connectivity index (χ0) is 12.7. The molecule has 0 radical (unpaired) electrons. The number of carboxylic acids is 1. The van der Waals surface area contributed by atoms with Crippen LogP contribution < -0.4 is 0 Å². The first-order chi connectivity index (χ1) is 7.22. The number of nitrogens with zero attached hydrogens (tertiary/aromatic N) is 2. The third kappa shape index (κ3) is 1.50. The molecular weight excluding hydrogens is 212 g/mol. The predicted molar refractivity (Wildman–Crippen MR) is 56.1 cm³/mol. The third-order valence-corrected chi connectivity index (χ3v) is 2.85. The van der Waals surface area contributed by atoms with Crippen LogP contribution in [0.3, 0.4) is 0 Å². The van der Waals surface area contributed by atoms with Crippen molar-refractivity contribution in [1.29, 1.82) is 0 Å². The SMILES string of the molecule is CC(=O)N1C(=O)C(C)N=C(C)C1(C)C(=O)O. The van der Waals surface area contributed by atoms with Gasteiger partial charge < -0.3 is 5.11 Å².